The Morgan fingerprint density at radius 1 is 1.77 bits per heavy atom. The van der Waals surface area contributed by atoms with E-state index in [2.05, 4.69) is 4.52 Å². The Kier molecular flexibility index (Phi) is 2.98. The molecular formula is C6H12NO5P. The van der Waals surface area contributed by atoms with E-state index < -0.39 is 7.82 Å². The van der Waals surface area contributed by atoms with Gasteiger partial charge in [0.05, 0.1) is 12.6 Å². The number of phosphoric ester groups is 1. The molecule has 0 bridgehead atoms. The van der Waals surface area contributed by atoms with Crippen molar-refractivity contribution in [2.75, 3.05) is 6.61 Å². The van der Waals surface area contributed by atoms with E-state index in [1.54, 1.807) is 0 Å². The molecule has 6 nitrogen and oxygen atoms in total. The van der Waals surface area contributed by atoms with E-state index in [-0.39, 0.29) is 17.7 Å². The smallest absolute Gasteiger partial charge is 0.493 e. The molecule has 76 valence electrons. The highest BCUT2D eigenvalue weighted by Gasteiger charge is 2.28. The topological polar surface area (TPSA) is 102 Å². The van der Waals surface area contributed by atoms with Gasteiger partial charge in [-0.05, 0) is 0 Å². The lowest BCUT2D eigenvalue weighted by Crippen LogP contribution is -2.25. The van der Waals surface area contributed by atoms with Gasteiger partial charge in [-0.2, -0.15) is 0 Å². The molecule has 1 heterocycles. The molecule has 1 fully saturated rings. The molecule has 7 heteroatoms. The van der Waals surface area contributed by atoms with Crippen LogP contribution in [0.4, 0.5) is 0 Å². The Morgan fingerprint density at radius 3 is 2.77 bits per heavy atom. The standard InChI is InChI=1S/C6H12NO5P/c1-4-2-11-5(6(4)7)3-12-13(8,9)10/h3-4,6H,2,7H2,1H3,(H2,8,9,10)/b5-3+/t4-,6-/m0/s1. The molecule has 1 aliphatic heterocycles. The van der Waals surface area contributed by atoms with Gasteiger partial charge in [-0.3, -0.25) is 9.79 Å². The van der Waals surface area contributed by atoms with Crippen LogP contribution in [0.15, 0.2) is 12.0 Å². The summed E-state index contributed by atoms with van der Waals surface area (Å²) in [5, 5.41) is 0. The van der Waals surface area contributed by atoms with Crippen molar-refractivity contribution in [2.45, 2.75) is 13.0 Å². The fraction of sp³-hybridized carbons (Fsp3) is 0.667. The summed E-state index contributed by atoms with van der Waals surface area (Å²) in [6.07, 6.45) is 0.884. The predicted molar refractivity (Wildman–Crippen MR) is 44.3 cm³/mol. The van der Waals surface area contributed by atoms with Gasteiger partial charge in [0, 0.05) is 5.92 Å². The van der Waals surface area contributed by atoms with E-state index in [1.807, 2.05) is 6.92 Å². The Hall–Kier alpha value is -0.550. The van der Waals surface area contributed by atoms with E-state index in [0.29, 0.717) is 6.61 Å². The monoisotopic (exact) mass is 209 g/mol. The van der Waals surface area contributed by atoms with Gasteiger partial charge in [-0.25, -0.2) is 4.57 Å². The van der Waals surface area contributed by atoms with Crippen LogP contribution in [0.5, 0.6) is 0 Å². The van der Waals surface area contributed by atoms with Crippen LogP contribution >= 0.6 is 7.82 Å². The van der Waals surface area contributed by atoms with Crippen LogP contribution in [0.3, 0.4) is 0 Å². The lowest BCUT2D eigenvalue weighted by atomic mass is 10.1. The molecule has 0 aromatic carbocycles. The van der Waals surface area contributed by atoms with Crippen molar-refractivity contribution in [2.24, 2.45) is 11.7 Å². The van der Waals surface area contributed by atoms with Gasteiger partial charge in [0.1, 0.15) is 12.0 Å². The van der Waals surface area contributed by atoms with E-state index >= 15 is 0 Å². The van der Waals surface area contributed by atoms with Crippen LogP contribution in [-0.4, -0.2) is 22.4 Å². The van der Waals surface area contributed by atoms with E-state index in [0.717, 1.165) is 6.26 Å². The summed E-state index contributed by atoms with van der Waals surface area (Å²) in [6.45, 7) is 2.32. The van der Waals surface area contributed by atoms with Crippen LogP contribution in [0.25, 0.3) is 0 Å². The molecule has 13 heavy (non-hydrogen) atoms. The molecule has 0 unspecified atom stereocenters. The minimum Gasteiger partial charge on any atom is -0.493 e. The molecule has 0 amide bonds. The van der Waals surface area contributed by atoms with Crippen LogP contribution in [-0.2, 0) is 13.8 Å². The maximum absolute atomic E-state index is 10.3. The molecule has 0 radical (unpaired) electrons. The third-order valence-corrected chi connectivity index (χ3v) is 2.14. The lowest BCUT2D eigenvalue weighted by molar-refractivity contribution is 0.218. The first-order chi connectivity index (χ1) is 5.90. The fourth-order valence-corrected chi connectivity index (χ4v) is 1.18. The summed E-state index contributed by atoms with van der Waals surface area (Å²) >= 11 is 0. The maximum Gasteiger partial charge on any atom is 0.524 e. The van der Waals surface area contributed by atoms with Crippen LogP contribution in [0.1, 0.15) is 6.92 Å². The number of rotatable bonds is 2. The van der Waals surface area contributed by atoms with Crippen LogP contribution in [0, 0.1) is 5.92 Å². The maximum atomic E-state index is 10.3. The second-order valence-corrected chi connectivity index (χ2v) is 4.12. The van der Waals surface area contributed by atoms with Gasteiger partial charge in [0.25, 0.3) is 0 Å². The van der Waals surface area contributed by atoms with Crippen LogP contribution in [0.2, 0.25) is 0 Å². The zero-order chi connectivity index (χ0) is 10.1. The quantitative estimate of drug-likeness (QED) is 0.434. The second-order valence-electron chi connectivity index (χ2n) is 2.93. The lowest BCUT2D eigenvalue weighted by Gasteiger charge is -2.07. The van der Waals surface area contributed by atoms with Crippen molar-refractivity contribution in [1.29, 1.82) is 0 Å². The second kappa shape index (κ2) is 3.67. The fourth-order valence-electron chi connectivity index (χ4n) is 0.941. The molecule has 0 saturated carbocycles. The largest absolute Gasteiger partial charge is 0.524 e. The van der Waals surface area contributed by atoms with Gasteiger partial charge >= 0.3 is 7.82 Å². The first-order valence-electron chi connectivity index (χ1n) is 3.72. The normalized spacial score (nSPS) is 31.8. The third-order valence-electron chi connectivity index (χ3n) is 1.76. The number of hydrogen-bond donors (Lipinski definition) is 3. The molecule has 1 aliphatic rings. The molecule has 0 aliphatic carbocycles. The summed E-state index contributed by atoms with van der Waals surface area (Å²) in [7, 11) is -4.48. The average Bonchev–Trinajstić information content (AvgIpc) is 2.29. The van der Waals surface area contributed by atoms with Gasteiger partial charge < -0.3 is 15.0 Å². The van der Waals surface area contributed by atoms with Crippen molar-refractivity contribution >= 4 is 7.82 Å². The first-order valence-corrected chi connectivity index (χ1v) is 5.25. The van der Waals surface area contributed by atoms with E-state index in [4.69, 9.17) is 20.3 Å². The Bertz CT molecular complexity index is 260. The molecule has 4 N–H and O–H groups in total. The summed E-state index contributed by atoms with van der Waals surface area (Å²) in [5.41, 5.74) is 5.63. The number of ether oxygens (including phenoxy) is 1. The van der Waals surface area contributed by atoms with Gasteiger partial charge in [0.15, 0.2) is 0 Å². The Balaban J connectivity index is 2.58. The van der Waals surface area contributed by atoms with E-state index in [9.17, 15) is 4.57 Å². The van der Waals surface area contributed by atoms with Gasteiger partial charge in [0.2, 0.25) is 0 Å². The number of hydrogen-bond acceptors (Lipinski definition) is 4. The molecule has 1 saturated heterocycles. The summed E-state index contributed by atoms with van der Waals surface area (Å²) < 4.78 is 19.5. The van der Waals surface area contributed by atoms with Crippen molar-refractivity contribution < 1.29 is 23.6 Å². The zero-order valence-electron chi connectivity index (χ0n) is 7.08. The SMILES string of the molecule is C[C@H]1CO/C(=C/OP(=O)(O)O)[C@H]1N. The minimum absolute atomic E-state index is 0.131. The minimum atomic E-state index is -4.48. The van der Waals surface area contributed by atoms with E-state index in [1.165, 1.54) is 0 Å². The van der Waals surface area contributed by atoms with Gasteiger partial charge in [-0.15, -0.1) is 0 Å². The highest BCUT2D eigenvalue weighted by Crippen LogP contribution is 2.37. The Morgan fingerprint density at radius 2 is 2.38 bits per heavy atom. The molecule has 0 spiro atoms. The third kappa shape index (κ3) is 3.00. The van der Waals surface area contributed by atoms with Crippen molar-refractivity contribution in [3.05, 3.63) is 12.0 Å². The molecule has 2 atom stereocenters. The van der Waals surface area contributed by atoms with Crippen LogP contribution < -0.4 is 5.73 Å². The summed E-state index contributed by atoms with van der Waals surface area (Å²) in [4.78, 5) is 16.8. The molecule has 0 aromatic heterocycles. The highest BCUT2D eigenvalue weighted by molar-refractivity contribution is 7.46. The average molecular weight is 209 g/mol. The van der Waals surface area contributed by atoms with Crippen molar-refractivity contribution in [1.82, 2.24) is 0 Å². The Labute approximate surface area is 75.6 Å². The number of phosphoric acid groups is 1. The van der Waals surface area contributed by atoms with Crippen molar-refractivity contribution in [3.63, 3.8) is 0 Å². The molecule has 1 rings (SSSR count). The predicted octanol–water partition coefficient (Wildman–Crippen LogP) is -0.0693. The van der Waals surface area contributed by atoms with Crippen molar-refractivity contribution in [3.8, 4) is 0 Å². The molecular weight excluding hydrogens is 197 g/mol. The zero-order valence-corrected chi connectivity index (χ0v) is 7.98. The highest BCUT2D eigenvalue weighted by atomic mass is 31.2. The molecule has 0 aromatic rings. The summed E-state index contributed by atoms with van der Waals surface area (Å²) in [6, 6.07) is -0.355. The first kappa shape index (κ1) is 10.5. The summed E-state index contributed by atoms with van der Waals surface area (Å²) in [5.74, 6) is 0.405. The van der Waals surface area contributed by atoms with Gasteiger partial charge in [-0.1, -0.05) is 6.92 Å². The number of nitrogens with two attached hydrogens (primary N) is 1.